The molecule has 0 atom stereocenters. The topological polar surface area (TPSA) is 167 Å². The van der Waals surface area contributed by atoms with E-state index >= 15 is 0 Å². The van der Waals surface area contributed by atoms with Gasteiger partial charge in [-0.25, -0.2) is 9.59 Å². The lowest BCUT2D eigenvalue weighted by molar-refractivity contribution is -0.384. The molecule has 208 valence electrons. The normalized spacial score (nSPS) is 14.7. The Hall–Kier alpha value is -3.94. The number of nitrogens with zero attached hydrogens (tertiary/aromatic N) is 3. The number of anilines is 3. The highest BCUT2D eigenvalue weighted by molar-refractivity contribution is 5.97. The Labute approximate surface area is 220 Å². The maximum atomic E-state index is 11.7. The molecule has 0 saturated carbocycles. The van der Waals surface area contributed by atoms with Crippen molar-refractivity contribution in [3.8, 4) is 0 Å². The first kappa shape index (κ1) is 30.3. The highest BCUT2D eigenvalue weighted by atomic mass is 16.6. The molecule has 0 aromatic heterocycles. The molecule has 13 nitrogen and oxygen atoms in total. The van der Waals surface area contributed by atoms with Gasteiger partial charge in [0, 0.05) is 51.1 Å². The molecule has 2 fully saturated rings. The Balaban J connectivity index is 0.000000252. The molecule has 38 heavy (non-hydrogen) atoms. The van der Waals surface area contributed by atoms with Gasteiger partial charge >= 0.3 is 11.9 Å². The SMILES string of the molecule is CO.COC(=O)c1cc(N)ccc1N1CCOCC1.COC(=O)c1cc([N+](=O)[O-])ccc1N1CCOCC1. The fourth-order valence-electron chi connectivity index (χ4n) is 3.90. The Morgan fingerprint density at radius 1 is 0.842 bits per heavy atom. The Morgan fingerprint density at radius 2 is 1.26 bits per heavy atom. The molecule has 0 aliphatic carbocycles. The minimum Gasteiger partial charge on any atom is -0.465 e. The first-order valence-electron chi connectivity index (χ1n) is 11.8. The summed E-state index contributed by atoms with van der Waals surface area (Å²) in [5.74, 6) is -0.941. The van der Waals surface area contributed by atoms with Crippen molar-refractivity contribution in [3.05, 3.63) is 57.6 Å². The van der Waals surface area contributed by atoms with Crippen LogP contribution in [-0.2, 0) is 18.9 Å². The number of nitro benzene ring substituents is 1. The molecule has 0 unspecified atom stereocenters. The van der Waals surface area contributed by atoms with E-state index in [0.29, 0.717) is 56.5 Å². The molecule has 2 saturated heterocycles. The van der Waals surface area contributed by atoms with E-state index in [4.69, 9.17) is 25.1 Å². The summed E-state index contributed by atoms with van der Waals surface area (Å²) in [5, 5.41) is 17.8. The predicted molar refractivity (Wildman–Crippen MR) is 141 cm³/mol. The smallest absolute Gasteiger partial charge is 0.340 e. The number of morpholine rings is 2. The van der Waals surface area contributed by atoms with Crippen molar-refractivity contribution in [1.29, 1.82) is 0 Å². The number of carbonyl (C=O) groups is 2. The number of hydrogen-bond acceptors (Lipinski definition) is 12. The molecule has 13 heteroatoms. The molecular weight excluding hydrogens is 500 g/mol. The van der Waals surface area contributed by atoms with E-state index in [1.54, 1.807) is 18.2 Å². The quantitative estimate of drug-likeness (QED) is 0.247. The molecule has 2 heterocycles. The van der Waals surface area contributed by atoms with Gasteiger partial charge in [-0.15, -0.1) is 0 Å². The lowest BCUT2D eigenvalue weighted by Gasteiger charge is -2.30. The van der Waals surface area contributed by atoms with Gasteiger partial charge in [-0.3, -0.25) is 10.1 Å². The summed E-state index contributed by atoms with van der Waals surface area (Å²) in [6.07, 6.45) is 0. The average Bonchev–Trinajstić information content (AvgIpc) is 2.98. The van der Waals surface area contributed by atoms with E-state index in [9.17, 15) is 19.7 Å². The van der Waals surface area contributed by atoms with Crippen LogP contribution in [0.2, 0.25) is 0 Å². The maximum absolute atomic E-state index is 11.7. The summed E-state index contributed by atoms with van der Waals surface area (Å²) >= 11 is 0. The second-order valence-electron chi connectivity index (χ2n) is 7.92. The highest BCUT2D eigenvalue weighted by Gasteiger charge is 2.22. The van der Waals surface area contributed by atoms with Gasteiger partial charge in [-0.1, -0.05) is 0 Å². The largest absolute Gasteiger partial charge is 0.465 e. The number of nitrogens with two attached hydrogens (primary N) is 1. The van der Waals surface area contributed by atoms with Crippen molar-refractivity contribution < 1.29 is 38.6 Å². The zero-order chi connectivity index (χ0) is 28.1. The number of carbonyl (C=O) groups excluding carboxylic acids is 2. The van der Waals surface area contributed by atoms with Gasteiger partial charge < -0.3 is 39.6 Å². The zero-order valence-electron chi connectivity index (χ0n) is 21.8. The third-order valence-corrected chi connectivity index (χ3v) is 5.73. The van der Waals surface area contributed by atoms with Crippen LogP contribution in [0.4, 0.5) is 22.7 Å². The van der Waals surface area contributed by atoms with Gasteiger partial charge in [-0.2, -0.15) is 0 Å². The van der Waals surface area contributed by atoms with E-state index < -0.39 is 10.9 Å². The molecule has 0 amide bonds. The molecule has 2 aliphatic rings. The highest BCUT2D eigenvalue weighted by Crippen LogP contribution is 2.27. The van der Waals surface area contributed by atoms with Gasteiger partial charge in [0.1, 0.15) is 0 Å². The second-order valence-corrected chi connectivity index (χ2v) is 7.92. The van der Waals surface area contributed by atoms with Crippen molar-refractivity contribution in [2.24, 2.45) is 0 Å². The average molecular weight is 535 g/mol. The number of methoxy groups -OCH3 is 2. The molecule has 0 spiro atoms. The van der Waals surface area contributed by atoms with Gasteiger partial charge in [-0.05, 0) is 24.3 Å². The summed E-state index contributed by atoms with van der Waals surface area (Å²) in [5.41, 5.74) is 8.34. The Morgan fingerprint density at radius 3 is 1.68 bits per heavy atom. The van der Waals surface area contributed by atoms with Crippen molar-refractivity contribution in [1.82, 2.24) is 0 Å². The van der Waals surface area contributed by atoms with E-state index in [1.807, 2.05) is 11.0 Å². The third-order valence-electron chi connectivity index (χ3n) is 5.73. The Bertz CT molecular complexity index is 1080. The van der Waals surface area contributed by atoms with Crippen LogP contribution in [0.15, 0.2) is 36.4 Å². The van der Waals surface area contributed by atoms with Gasteiger partial charge in [0.05, 0.1) is 68.1 Å². The fraction of sp³-hybridized carbons (Fsp3) is 0.440. The number of non-ortho nitro benzene ring substituents is 1. The van der Waals surface area contributed by atoms with Gasteiger partial charge in [0.15, 0.2) is 0 Å². The minimum absolute atomic E-state index is 0.127. The van der Waals surface area contributed by atoms with E-state index in [2.05, 4.69) is 9.64 Å². The summed E-state index contributed by atoms with van der Waals surface area (Å²) in [6.45, 7) is 5.30. The summed E-state index contributed by atoms with van der Waals surface area (Å²) in [6, 6.07) is 9.50. The number of hydrogen-bond donors (Lipinski definition) is 2. The number of nitrogen functional groups attached to an aromatic ring is 1. The van der Waals surface area contributed by atoms with Crippen molar-refractivity contribution in [2.75, 3.05) is 89.5 Å². The standard InChI is InChI=1S/C12H14N2O5.C12H16N2O3.CH4O/c1-18-12(15)10-8-9(14(16)17)2-3-11(10)13-4-6-19-7-5-13;1-16-12(15)10-8-9(13)2-3-11(10)14-4-6-17-7-5-14;1-2/h2-3,8H,4-7H2,1H3;2-3,8H,4-7,13H2,1H3;2H,1H3. The monoisotopic (exact) mass is 534 g/mol. The van der Waals surface area contributed by atoms with Crippen molar-refractivity contribution in [3.63, 3.8) is 0 Å². The Kier molecular flexibility index (Phi) is 12.2. The predicted octanol–water partition coefficient (Wildman–Crippen LogP) is 1.72. The van der Waals surface area contributed by atoms with E-state index in [-0.39, 0.29) is 17.2 Å². The van der Waals surface area contributed by atoms with Crippen LogP contribution in [0.1, 0.15) is 20.7 Å². The van der Waals surface area contributed by atoms with Crippen molar-refractivity contribution >= 4 is 34.7 Å². The van der Waals surface area contributed by atoms with E-state index in [0.717, 1.165) is 25.9 Å². The molecule has 2 aromatic carbocycles. The number of ether oxygens (including phenoxy) is 4. The van der Waals surface area contributed by atoms with Crippen LogP contribution in [0, 0.1) is 10.1 Å². The van der Waals surface area contributed by atoms with Gasteiger partial charge in [0.2, 0.25) is 0 Å². The van der Waals surface area contributed by atoms with Gasteiger partial charge in [0.25, 0.3) is 5.69 Å². The molecule has 2 aliphatic heterocycles. The summed E-state index contributed by atoms with van der Waals surface area (Å²) in [4.78, 5) is 37.7. The summed E-state index contributed by atoms with van der Waals surface area (Å²) in [7, 11) is 3.62. The maximum Gasteiger partial charge on any atom is 0.340 e. The van der Waals surface area contributed by atoms with E-state index in [1.165, 1.54) is 26.4 Å². The van der Waals surface area contributed by atoms with Crippen LogP contribution in [0.25, 0.3) is 0 Å². The first-order valence-corrected chi connectivity index (χ1v) is 11.8. The van der Waals surface area contributed by atoms with Crippen LogP contribution in [0.3, 0.4) is 0 Å². The lowest BCUT2D eigenvalue weighted by atomic mass is 10.1. The number of nitro groups is 1. The second kappa shape index (κ2) is 15.3. The summed E-state index contributed by atoms with van der Waals surface area (Å²) < 4.78 is 20.0. The lowest BCUT2D eigenvalue weighted by Crippen LogP contribution is -2.37. The van der Waals surface area contributed by atoms with Crippen LogP contribution in [0.5, 0.6) is 0 Å². The number of esters is 2. The molecule has 4 rings (SSSR count). The van der Waals surface area contributed by atoms with Crippen LogP contribution in [-0.4, -0.2) is 95.9 Å². The molecule has 0 radical (unpaired) electrons. The number of rotatable bonds is 5. The van der Waals surface area contributed by atoms with Crippen molar-refractivity contribution in [2.45, 2.75) is 0 Å². The molecular formula is C25H34N4O9. The first-order chi connectivity index (χ1) is 18.3. The number of benzene rings is 2. The van der Waals surface area contributed by atoms with Crippen LogP contribution >= 0.6 is 0 Å². The number of aliphatic hydroxyl groups is 1. The number of aliphatic hydroxyl groups excluding tert-OH is 1. The third kappa shape index (κ3) is 8.03. The fourth-order valence-corrected chi connectivity index (χ4v) is 3.90. The van der Waals surface area contributed by atoms with Crippen LogP contribution < -0.4 is 15.5 Å². The molecule has 2 aromatic rings. The minimum atomic E-state index is -0.579. The molecule has 0 bridgehead atoms. The zero-order valence-corrected chi connectivity index (χ0v) is 21.8. The molecule has 3 N–H and O–H groups in total.